The standard InChI is InChI=1S/C10H8N2OS/c1-13-7-2-3-9-8(6-7)12-10(14-9)4-5-11/h2-3,6H,4H2,1H3. The topological polar surface area (TPSA) is 45.9 Å². The van der Waals surface area contributed by atoms with E-state index in [9.17, 15) is 0 Å². The van der Waals surface area contributed by atoms with Gasteiger partial charge in [-0.15, -0.1) is 11.3 Å². The largest absolute Gasteiger partial charge is 0.497 e. The van der Waals surface area contributed by atoms with Crippen molar-refractivity contribution in [2.75, 3.05) is 7.11 Å². The van der Waals surface area contributed by atoms with Gasteiger partial charge in [-0.3, -0.25) is 0 Å². The molecule has 0 aliphatic carbocycles. The number of benzene rings is 1. The molecule has 0 unspecified atom stereocenters. The second-order valence-electron chi connectivity index (χ2n) is 2.78. The highest BCUT2D eigenvalue weighted by atomic mass is 32.1. The SMILES string of the molecule is COc1ccc2sc(CC#N)nc2c1. The third-order valence-corrected chi connectivity index (χ3v) is 2.91. The maximum atomic E-state index is 8.54. The third kappa shape index (κ3) is 1.54. The first-order valence-corrected chi connectivity index (χ1v) is 4.95. The van der Waals surface area contributed by atoms with Gasteiger partial charge in [0, 0.05) is 6.07 Å². The lowest BCUT2D eigenvalue weighted by Crippen LogP contribution is -1.81. The molecule has 0 atom stereocenters. The van der Waals surface area contributed by atoms with Crippen molar-refractivity contribution in [1.82, 2.24) is 4.98 Å². The van der Waals surface area contributed by atoms with Gasteiger partial charge in [0.15, 0.2) is 0 Å². The van der Waals surface area contributed by atoms with E-state index in [1.807, 2.05) is 18.2 Å². The van der Waals surface area contributed by atoms with E-state index in [2.05, 4.69) is 11.1 Å². The molecule has 0 aliphatic rings. The van der Waals surface area contributed by atoms with E-state index in [0.717, 1.165) is 21.0 Å². The van der Waals surface area contributed by atoms with Gasteiger partial charge >= 0.3 is 0 Å². The van der Waals surface area contributed by atoms with Gasteiger partial charge < -0.3 is 4.74 Å². The quantitative estimate of drug-likeness (QED) is 0.754. The minimum absolute atomic E-state index is 0.377. The summed E-state index contributed by atoms with van der Waals surface area (Å²) in [7, 11) is 1.63. The van der Waals surface area contributed by atoms with Crippen molar-refractivity contribution in [3.8, 4) is 11.8 Å². The van der Waals surface area contributed by atoms with E-state index in [4.69, 9.17) is 10.00 Å². The molecule has 0 spiro atoms. The van der Waals surface area contributed by atoms with E-state index < -0.39 is 0 Å². The van der Waals surface area contributed by atoms with Crippen LogP contribution in [0.3, 0.4) is 0 Å². The van der Waals surface area contributed by atoms with Gasteiger partial charge in [-0.25, -0.2) is 4.98 Å². The van der Waals surface area contributed by atoms with E-state index in [0.29, 0.717) is 6.42 Å². The van der Waals surface area contributed by atoms with Crippen LogP contribution >= 0.6 is 11.3 Å². The van der Waals surface area contributed by atoms with Crippen LogP contribution in [-0.4, -0.2) is 12.1 Å². The first-order chi connectivity index (χ1) is 6.83. The molecular weight excluding hydrogens is 196 g/mol. The molecule has 4 heteroatoms. The number of ether oxygens (including phenoxy) is 1. The van der Waals surface area contributed by atoms with Crippen molar-refractivity contribution >= 4 is 21.6 Å². The highest BCUT2D eigenvalue weighted by Gasteiger charge is 2.03. The minimum Gasteiger partial charge on any atom is -0.497 e. The number of hydrogen-bond donors (Lipinski definition) is 0. The number of hydrogen-bond acceptors (Lipinski definition) is 4. The lowest BCUT2D eigenvalue weighted by Gasteiger charge is -1.96. The summed E-state index contributed by atoms with van der Waals surface area (Å²) in [6.07, 6.45) is 0.377. The van der Waals surface area contributed by atoms with Gasteiger partial charge in [0.05, 0.1) is 29.8 Å². The molecule has 2 aromatic rings. The minimum atomic E-state index is 0.377. The van der Waals surface area contributed by atoms with E-state index >= 15 is 0 Å². The van der Waals surface area contributed by atoms with Crippen LogP contribution in [0.4, 0.5) is 0 Å². The van der Waals surface area contributed by atoms with Crippen molar-refractivity contribution < 1.29 is 4.74 Å². The van der Waals surface area contributed by atoms with Crippen LogP contribution in [-0.2, 0) is 6.42 Å². The summed E-state index contributed by atoms with van der Waals surface area (Å²) in [5.74, 6) is 0.798. The fraction of sp³-hybridized carbons (Fsp3) is 0.200. The number of aromatic nitrogens is 1. The third-order valence-electron chi connectivity index (χ3n) is 1.87. The predicted octanol–water partition coefficient (Wildman–Crippen LogP) is 2.37. The second-order valence-corrected chi connectivity index (χ2v) is 3.89. The lowest BCUT2D eigenvalue weighted by atomic mass is 10.3. The Morgan fingerprint density at radius 3 is 3.14 bits per heavy atom. The molecule has 1 aromatic carbocycles. The molecule has 0 radical (unpaired) electrons. The lowest BCUT2D eigenvalue weighted by molar-refractivity contribution is 0.415. The first-order valence-electron chi connectivity index (χ1n) is 4.14. The molecule has 70 valence electrons. The van der Waals surface area contributed by atoms with Gasteiger partial charge in [-0.1, -0.05) is 0 Å². The molecule has 1 aromatic heterocycles. The molecule has 2 rings (SSSR count). The summed E-state index contributed by atoms with van der Waals surface area (Å²) < 4.78 is 6.18. The number of rotatable bonds is 2. The summed E-state index contributed by atoms with van der Waals surface area (Å²) in [5, 5.41) is 9.39. The van der Waals surface area contributed by atoms with Crippen molar-refractivity contribution in [2.24, 2.45) is 0 Å². The molecule has 0 N–H and O–H groups in total. The van der Waals surface area contributed by atoms with Crippen LogP contribution in [0.5, 0.6) is 5.75 Å². The van der Waals surface area contributed by atoms with Crippen LogP contribution in [0.25, 0.3) is 10.2 Å². The predicted molar refractivity (Wildman–Crippen MR) is 55.5 cm³/mol. The fourth-order valence-electron chi connectivity index (χ4n) is 1.23. The molecule has 0 bridgehead atoms. The normalized spacial score (nSPS) is 10.0. The monoisotopic (exact) mass is 204 g/mol. The summed E-state index contributed by atoms with van der Waals surface area (Å²) in [6, 6.07) is 7.84. The van der Waals surface area contributed by atoms with Gasteiger partial charge in [0.2, 0.25) is 0 Å². The first kappa shape index (κ1) is 8.97. The van der Waals surface area contributed by atoms with Crippen molar-refractivity contribution in [2.45, 2.75) is 6.42 Å². The Hall–Kier alpha value is -1.60. The smallest absolute Gasteiger partial charge is 0.121 e. The molecule has 1 heterocycles. The number of nitrogens with zero attached hydrogens (tertiary/aromatic N) is 2. The molecular formula is C10H8N2OS. The fourth-order valence-corrected chi connectivity index (χ4v) is 2.10. The van der Waals surface area contributed by atoms with Crippen LogP contribution in [0.1, 0.15) is 5.01 Å². The highest BCUT2D eigenvalue weighted by molar-refractivity contribution is 7.18. The van der Waals surface area contributed by atoms with Crippen molar-refractivity contribution in [3.05, 3.63) is 23.2 Å². The molecule has 0 saturated carbocycles. The second kappa shape index (κ2) is 3.64. The number of thiazole rings is 1. The van der Waals surface area contributed by atoms with Gasteiger partial charge in [0.25, 0.3) is 0 Å². The molecule has 14 heavy (non-hydrogen) atoms. The molecule has 0 saturated heterocycles. The summed E-state index contributed by atoms with van der Waals surface area (Å²) >= 11 is 1.55. The van der Waals surface area contributed by atoms with E-state index in [1.165, 1.54) is 0 Å². The Kier molecular flexibility index (Phi) is 2.33. The Morgan fingerprint density at radius 2 is 2.43 bits per heavy atom. The number of fused-ring (bicyclic) bond motifs is 1. The Balaban J connectivity index is 2.50. The Morgan fingerprint density at radius 1 is 1.57 bits per heavy atom. The van der Waals surface area contributed by atoms with Crippen LogP contribution in [0, 0.1) is 11.3 Å². The van der Waals surface area contributed by atoms with Crippen LogP contribution in [0.15, 0.2) is 18.2 Å². The number of methoxy groups -OCH3 is 1. The van der Waals surface area contributed by atoms with Crippen LogP contribution < -0.4 is 4.74 Å². The van der Waals surface area contributed by atoms with Crippen LogP contribution in [0.2, 0.25) is 0 Å². The maximum Gasteiger partial charge on any atom is 0.121 e. The van der Waals surface area contributed by atoms with Crippen molar-refractivity contribution in [1.29, 1.82) is 5.26 Å². The van der Waals surface area contributed by atoms with E-state index in [1.54, 1.807) is 18.4 Å². The Bertz CT molecular complexity index is 498. The summed E-state index contributed by atoms with van der Waals surface area (Å²) in [6.45, 7) is 0. The van der Waals surface area contributed by atoms with Gasteiger partial charge in [0.1, 0.15) is 10.8 Å². The maximum absolute atomic E-state index is 8.54. The molecule has 0 aliphatic heterocycles. The summed E-state index contributed by atoms with van der Waals surface area (Å²) in [5.41, 5.74) is 0.902. The van der Waals surface area contributed by atoms with E-state index in [-0.39, 0.29) is 0 Å². The van der Waals surface area contributed by atoms with Crippen molar-refractivity contribution in [3.63, 3.8) is 0 Å². The zero-order valence-corrected chi connectivity index (χ0v) is 8.47. The van der Waals surface area contributed by atoms with Gasteiger partial charge in [-0.2, -0.15) is 5.26 Å². The molecule has 0 fully saturated rings. The van der Waals surface area contributed by atoms with Gasteiger partial charge in [-0.05, 0) is 12.1 Å². The zero-order chi connectivity index (χ0) is 9.97. The average molecular weight is 204 g/mol. The zero-order valence-electron chi connectivity index (χ0n) is 7.65. The molecule has 3 nitrogen and oxygen atoms in total. The highest BCUT2D eigenvalue weighted by Crippen LogP contribution is 2.25. The number of nitriles is 1. The Labute approximate surface area is 85.6 Å². The average Bonchev–Trinajstić information content (AvgIpc) is 2.59. The molecule has 0 amide bonds. The summed E-state index contributed by atoms with van der Waals surface area (Å²) in [4.78, 5) is 4.33.